The Bertz CT molecular complexity index is 407. The Balaban J connectivity index is 3.11. The number of rotatable bonds is 3. The van der Waals surface area contributed by atoms with E-state index in [-0.39, 0.29) is 0 Å². The Morgan fingerprint density at radius 3 is 1.50 bits per heavy atom. The van der Waals surface area contributed by atoms with Gasteiger partial charge in [-0.25, -0.2) is 0 Å². The zero-order valence-electron chi connectivity index (χ0n) is 8.74. The van der Waals surface area contributed by atoms with Gasteiger partial charge in [-0.15, -0.1) is 0 Å². The van der Waals surface area contributed by atoms with Crippen LogP contribution in [0.5, 0.6) is 0 Å². The Kier molecular flexibility index (Phi) is 3.62. The molecule has 0 spiro atoms. The molecule has 1 rings (SSSR count). The fourth-order valence-corrected chi connectivity index (χ4v) is 1.20. The Morgan fingerprint density at radius 2 is 1.17 bits per heavy atom. The molecule has 1 nitrogen and oxygen atoms in total. The van der Waals surface area contributed by atoms with Gasteiger partial charge in [-0.2, -0.15) is 30.7 Å². The van der Waals surface area contributed by atoms with Crippen LogP contribution < -0.4 is 5.73 Å². The van der Waals surface area contributed by atoms with Crippen molar-refractivity contribution in [2.24, 2.45) is 5.73 Å². The number of halogens is 7. The molecule has 1 aromatic rings. The maximum absolute atomic E-state index is 13.0. The van der Waals surface area contributed by atoms with Crippen molar-refractivity contribution in [3.05, 3.63) is 35.4 Å². The minimum atomic E-state index is -5.77. The monoisotopic (exact) mass is 275 g/mol. The zero-order valence-corrected chi connectivity index (χ0v) is 8.74. The molecule has 0 saturated heterocycles. The highest BCUT2D eigenvalue weighted by atomic mass is 19.4. The Morgan fingerprint density at radius 1 is 0.778 bits per heavy atom. The molecule has 102 valence electrons. The van der Waals surface area contributed by atoms with E-state index in [2.05, 4.69) is 0 Å². The number of hydrogen-bond acceptors (Lipinski definition) is 1. The summed E-state index contributed by atoms with van der Waals surface area (Å²) in [4.78, 5) is 0. The average Bonchev–Trinajstić information content (AvgIpc) is 2.27. The smallest absolute Gasteiger partial charge is 0.325 e. The summed E-state index contributed by atoms with van der Waals surface area (Å²) in [7, 11) is 0. The molecule has 0 unspecified atom stereocenters. The van der Waals surface area contributed by atoms with Gasteiger partial charge in [0.15, 0.2) is 0 Å². The summed E-state index contributed by atoms with van der Waals surface area (Å²) in [6.45, 7) is -1.07. The van der Waals surface area contributed by atoms with Crippen LogP contribution in [0, 0.1) is 0 Å². The van der Waals surface area contributed by atoms with Gasteiger partial charge in [-0.3, -0.25) is 0 Å². The maximum Gasteiger partial charge on any atom is 0.458 e. The molecule has 0 aliphatic carbocycles. The fraction of sp³-hybridized carbons (Fsp3) is 0.400. The van der Waals surface area contributed by atoms with Gasteiger partial charge < -0.3 is 5.73 Å². The first-order valence-electron chi connectivity index (χ1n) is 4.66. The number of benzene rings is 1. The van der Waals surface area contributed by atoms with E-state index in [1.165, 1.54) is 0 Å². The van der Waals surface area contributed by atoms with Gasteiger partial charge in [0.2, 0.25) is 0 Å². The summed E-state index contributed by atoms with van der Waals surface area (Å²) >= 11 is 0. The van der Waals surface area contributed by atoms with Gasteiger partial charge in [-0.1, -0.05) is 24.3 Å². The minimum absolute atomic E-state index is 0.312. The van der Waals surface area contributed by atoms with Gasteiger partial charge in [-0.05, 0) is 0 Å². The lowest BCUT2D eigenvalue weighted by Crippen LogP contribution is -2.33. The van der Waals surface area contributed by atoms with E-state index >= 15 is 0 Å². The topological polar surface area (TPSA) is 26.0 Å². The number of nitrogens with two attached hydrogens (primary N) is 1. The molecule has 0 radical (unpaired) electrons. The predicted molar refractivity (Wildman–Crippen MR) is 49.3 cm³/mol. The second-order valence-electron chi connectivity index (χ2n) is 3.56. The van der Waals surface area contributed by atoms with Crippen LogP contribution in [0.1, 0.15) is 11.1 Å². The average molecular weight is 275 g/mol. The van der Waals surface area contributed by atoms with E-state index in [1.807, 2.05) is 0 Å². The first-order chi connectivity index (χ1) is 8.02. The summed E-state index contributed by atoms with van der Waals surface area (Å²) < 4.78 is 87.7. The molecule has 1 aromatic carbocycles. The standard InChI is InChI=1S/C10H8F7N/c11-8(12,5-18)6-1-3-7(4-2-6)9(13,14)10(15,16)17/h1-4H,5,18H2. The Labute approximate surface area is 97.4 Å². The molecule has 0 aromatic heterocycles. The lowest BCUT2D eigenvalue weighted by atomic mass is 10.0. The second-order valence-corrected chi connectivity index (χ2v) is 3.56. The van der Waals surface area contributed by atoms with Crippen molar-refractivity contribution in [3.63, 3.8) is 0 Å². The molecule has 0 fully saturated rings. The summed E-state index contributed by atoms with van der Waals surface area (Å²) in [6, 6.07) is 1.63. The molecule has 0 aliphatic rings. The lowest BCUT2D eigenvalue weighted by molar-refractivity contribution is -0.289. The third-order valence-corrected chi connectivity index (χ3v) is 2.28. The van der Waals surface area contributed by atoms with E-state index in [0.29, 0.717) is 24.3 Å². The molecule has 0 bridgehead atoms. The van der Waals surface area contributed by atoms with Gasteiger partial charge in [0, 0.05) is 11.1 Å². The highest BCUT2D eigenvalue weighted by Gasteiger charge is 2.58. The molecular weight excluding hydrogens is 267 g/mol. The first-order valence-corrected chi connectivity index (χ1v) is 4.66. The minimum Gasteiger partial charge on any atom is -0.325 e. The normalized spacial score (nSPS) is 13.8. The van der Waals surface area contributed by atoms with Crippen molar-refractivity contribution < 1.29 is 30.7 Å². The fourth-order valence-electron chi connectivity index (χ4n) is 1.20. The highest BCUT2D eigenvalue weighted by molar-refractivity contribution is 5.29. The van der Waals surface area contributed by atoms with Crippen LogP contribution >= 0.6 is 0 Å². The van der Waals surface area contributed by atoms with Crippen molar-refractivity contribution in [1.82, 2.24) is 0 Å². The van der Waals surface area contributed by atoms with Crippen molar-refractivity contribution in [1.29, 1.82) is 0 Å². The number of alkyl halides is 7. The van der Waals surface area contributed by atoms with Crippen LogP contribution in [0.25, 0.3) is 0 Å². The van der Waals surface area contributed by atoms with E-state index in [4.69, 9.17) is 5.73 Å². The predicted octanol–water partition coefficient (Wildman–Crippen LogP) is 3.39. The van der Waals surface area contributed by atoms with Crippen molar-refractivity contribution >= 4 is 0 Å². The molecule has 0 heterocycles. The summed E-state index contributed by atoms with van der Waals surface area (Å²) in [6.07, 6.45) is -5.77. The molecule has 0 saturated carbocycles. The quantitative estimate of drug-likeness (QED) is 0.841. The van der Waals surface area contributed by atoms with Crippen molar-refractivity contribution in [3.8, 4) is 0 Å². The first kappa shape index (κ1) is 14.7. The van der Waals surface area contributed by atoms with Crippen LogP contribution in [0.2, 0.25) is 0 Å². The largest absolute Gasteiger partial charge is 0.458 e. The highest BCUT2D eigenvalue weighted by Crippen LogP contribution is 2.44. The third-order valence-electron chi connectivity index (χ3n) is 2.28. The van der Waals surface area contributed by atoms with Crippen molar-refractivity contribution in [2.75, 3.05) is 6.54 Å². The molecule has 18 heavy (non-hydrogen) atoms. The van der Waals surface area contributed by atoms with Gasteiger partial charge in [0.05, 0.1) is 6.54 Å². The van der Waals surface area contributed by atoms with E-state index in [9.17, 15) is 30.7 Å². The molecule has 0 atom stereocenters. The third kappa shape index (κ3) is 2.58. The van der Waals surface area contributed by atoms with Gasteiger partial charge >= 0.3 is 12.1 Å². The number of hydrogen-bond donors (Lipinski definition) is 1. The Hall–Kier alpha value is -1.31. The SMILES string of the molecule is NCC(F)(F)c1ccc(C(F)(F)C(F)(F)F)cc1. The molecule has 8 heteroatoms. The van der Waals surface area contributed by atoms with Gasteiger partial charge in [0.25, 0.3) is 5.92 Å². The van der Waals surface area contributed by atoms with Crippen LogP contribution in [-0.4, -0.2) is 12.7 Å². The molecular formula is C10H8F7N. The summed E-state index contributed by atoms with van der Waals surface area (Å²) in [5.41, 5.74) is 2.64. The second kappa shape index (κ2) is 4.42. The van der Waals surface area contributed by atoms with Crippen LogP contribution in [0.15, 0.2) is 24.3 Å². The zero-order chi connectivity index (χ0) is 14.2. The van der Waals surface area contributed by atoms with Crippen LogP contribution in [0.4, 0.5) is 30.7 Å². The lowest BCUT2D eigenvalue weighted by Gasteiger charge is -2.21. The summed E-state index contributed by atoms with van der Waals surface area (Å²) in [5, 5.41) is 0. The maximum atomic E-state index is 13.0. The van der Waals surface area contributed by atoms with Crippen molar-refractivity contribution in [2.45, 2.75) is 18.0 Å². The summed E-state index contributed by atoms with van der Waals surface area (Å²) in [5.74, 6) is -8.55. The van der Waals surface area contributed by atoms with E-state index in [0.717, 1.165) is 0 Å². The van der Waals surface area contributed by atoms with E-state index in [1.54, 1.807) is 0 Å². The van der Waals surface area contributed by atoms with Gasteiger partial charge in [0.1, 0.15) is 0 Å². The molecule has 0 aliphatic heterocycles. The van der Waals surface area contributed by atoms with Crippen LogP contribution in [0.3, 0.4) is 0 Å². The molecule has 0 amide bonds. The van der Waals surface area contributed by atoms with Crippen LogP contribution in [-0.2, 0) is 11.8 Å². The van der Waals surface area contributed by atoms with E-state index < -0.39 is 35.7 Å². The molecule has 2 N–H and O–H groups in total.